The van der Waals surface area contributed by atoms with E-state index >= 15 is 0 Å². The number of hydrogen-bond acceptors (Lipinski definition) is 3. The van der Waals surface area contributed by atoms with Crippen LogP contribution in [0.15, 0.2) is 0 Å². The lowest BCUT2D eigenvalue weighted by Crippen LogP contribution is -2.62. The molecule has 6 nitrogen and oxygen atoms in total. The quantitative estimate of drug-likeness (QED) is 0.657. The number of hydrogen-bond donors (Lipinski definition) is 2. The van der Waals surface area contributed by atoms with Gasteiger partial charge in [-0.15, -0.1) is 11.6 Å². The summed E-state index contributed by atoms with van der Waals surface area (Å²) in [5.41, 5.74) is -1.52. The number of rotatable bonds is 6. The van der Waals surface area contributed by atoms with Crippen molar-refractivity contribution in [2.45, 2.75) is 108 Å². The van der Waals surface area contributed by atoms with Crippen molar-refractivity contribution in [3.05, 3.63) is 10.6 Å². The van der Waals surface area contributed by atoms with E-state index in [1.165, 1.54) is 0 Å². The number of amides is 1. The van der Waals surface area contributed by atoms with Crippen molar-refractivity contribution in [1.29, 1.82) is 0 Å². The second-order valence-electron chi connectivity index (χ2n) is 11.0. The highest BCUT2D eigenvalue weighted by atomic mass is 16.5. The summed E-state index contributed by atoms with van der Waals surface area (Å²) >= 11 is 0. The number of aliphatic hydroxyl groups is 1. The summed E-state index contributed by atoms with van der Waals surface area (Å²) in [5, 5.41) is 23.7. The summed E-state index contributed by atoms with van der Waals surface area (Å²) in [6.07, 6.45) is 6.48. The van der Waals surface area contributed by atoms with Gasteiger partial charge in [-0.3, -0.25) is 4.79 Å². The Hall–Kier alpha value is -0.690. The van der Waals surface area contributed by atoms with E-state index in [-0.39, 0.29) is 29.2 Å². The van der Waals surface area contributed by atoms with Crippen LogP contribution in [-0.2, 0) is 9.53 Å². The monoisotopic (exact) mass is 407 g/mol. The molecule has 1 heterocycles. The average Bonchev–Trinajstić information content (AvgIpc) is 3.05. The van der Waals surface area contributed by atoms with Crippen LogP contribution in [0.25, 0.3) is 10.6 Å². The van der Waals surface area contributed by atoms with Crippen LogP contribution >= 0.6 is 0 Å². The average molecular weight is 408 g/mol. The Morgan fingerprint density at radius 1 is 1.07 bits per heavy atom. The van der Waals surface area contributed by atoms with Gasteiger partial charge in [0.1, 0.15) is 0 Å². The zero-order valence-corrected chi connectivity index (χ0v) is 19.4. The topological polar surface area (TPSA) is 86.8 Å². The third-order valence-electron chi connectivity index (χ3n) is 8.78. The zero-order valence-electron chi connectivity index (χ0n) is 19.4. The van der Waals surface area contributed by atoms with Crippen molar-refractivity contribution < 1.29 is 14.6 Å². The highest BCUT2D eigenvalue weighted by Gasteiger charge is 2.56. The standard InChI is InChI=1S/C23H41N3O3/c1-20(2,26-14-27)17-10-13-23(5,29-17)16-8-11-21(3,25-7)15-9-12-22(4,28)19(24-6)18(15)16/h14-19,28H,8-13H2,1-7H3,(H,26,27)/q-2/t15-,16-,17-,18-,19+,21-,22+,23+/m0/s1. The molecule has 3 aliphatic rings. The number of nitrogens with zero attached hydrogens (tertiary/aromatic N) is 2. The molecule has 29 heavy (non-hydrogen) atoms. The van der Waals surface area contributed by atoms with E-state index in [0.29, 0.717) is 11.8 Å². The lowest BCUT2D eigenvalue weighted by atomic mass is 9.51. The molecule has 2 N–H and O–H groups in total. The second-order valence-corrected chi connectivity index (χ2v) is 11.0. The molecule has 0 radical (unpaired) electrons. The van der Waals surface area contributed by atoms with Gasteiger partial charge in [0.2, 0.25) is 6.41 Å². The third kappa shape index (κ3) is 3.86. The van der Waals surface area contributed by atoms with Crippen LogP contribution in [-0.4, -0.2) is 60.0 Å². The zero-order chi connectivity index (χ0) is 21.7. The maximum Gasteiger partial charge on any atom is 0.207 e. The number of likely N-dealkylation sites (N-methyl/N-ethyl adjacent to an activating group) is 1. The SMILES string of the molecule is C[N-][C@@H]1[C@@H]2[C@@H]([C@@]3(C)CC[C@@H](C(C)(C)NC=O)O3)CC[C@](C)([N-]C)[C@H]2CC[C@@]1(C)O. The molecule has 0 aromatic rings. The predicted molar refractivity (Wildman–Crippen MR) is 116 cm³/mol. The van der Waals surface area contributed by atoms with Crippen LogP contribution in [0.2, 0.25) is 0 Å². The Kier molecular flexibility index (Phi) is 6.16. The van der Waals surface area contributed by atoms with Crippen LogP contribution in [0.4, 0.5) is 0 Å². The molecular formula is C23H41N3O3-2. The van der Waals surface area contributed by atoms with Crippen molar-refractivity contribution in [3.8, 4) is 0 Å². The van der Waals surface area contributed by atoms with Crippen LogP contribution in [0.1, 0.15) is 73.1 Å². The van der Waals surface area contributed by atoms with Gasteiger partial charge in [0.05, 0.1) is 17.2 Å². The van der Waals surface area contributed by atoms with E-state index in [1.54, 1.807) is 0 Å². The summed E-state index contributed by atoms with van der Waals surface area (Å²) < 4.78 is 6.74. The van der Waals surface area contributed by atoms with Gasteiger partial charge in [0, 0.05) is 5.60 Å². The third-order valence-corrected chi connectivity index (χ3v) is 8.78. The molecule has 0 bridgehead atoms. The molecule has 2 aliphatic carbocycles. The molecule has 1 saturated heterocycles. The molecule has 0 aromatic carbocycles. The van der Waals surface area contributed by atoms with Crippen molar-refractivity contribution in [3.63, 3.8) is 0 Å². The fourth-order valence-electron chi connectivity index (χ4n) is 6.80. The molecule has 0 unspecified atom stereocenters. The largest absolute Gasteiger partial charge is 0.660 e. The van der Waals surface area contributed by atoms with E-state index < -0.39 is 11.1 Å². The van der Waals surface area contributed by atoms with Crippen LogP contribution in [0, 0.1) is 17.8 Å². The van der Waals surface area contributed by atoms with Crippen LogP contribution < -0.4 is 5.32 Å². The molecule has 1 aliphatic heterocycles. The van der Waals surface area contributed by atoms with E-state index in [1.807, 2.05) is 34.9 Å². The molecule has 0 aromatic heterocycles. The molecule has 6 heteroatoms. The maximum absolute atomic E-state index is 11.2. The number of carbonyl (C=O) groups is 1. The Labute approximate surface area is 176 Å². The molecular weight excluding hydrogens is 366 g/mol. The summed E-state index contributed by atoms with van der Waals surface area (Å²) in [4.78, 5) is 11.1. The normalized spacial score (nSPS) is 48.2. The first-order valence-electron chi connectivity index (χ1n) is 11.3. The Balaban J connectivity index is 1.93. The molecule has 8 atom stereocenters. The van der Waals surface area contributed by atoms with Gasteiger partial charge in [-0.1, -0.05) is 19.3 Å². The number of carbonyl (C=O) groups excluding carboxylic acids is 1. The van der Waals surface area contributed by atoms with Gasteiger partial charge < -0.3 is 25.8 Å². The minimum atomic E-state index is -0.785. The molecule has 3 rings (SSSR count). The molecule has 2 saturated carbocycles. The maximum atomic E-state index is 11.2. The molecule has 1 amide bonds. The van der Waals surface area contributed by atoms with Crippen LogP contribution in [0.3, 0.4) is 0 Å². The molecule has 3 fully saturated rings. The summed E-state index contributed by atoms with van der Waals surface area (Å²) in [5.74, 6) is 0.970. The van der Waals surface area contributed by atoms with Crippen molar-refractivity contribution in [2.24, 2.45) is 17.8 Å². The van der Waals surface area contributed by atoms with Crippen molar-refractivity contribution >= 4 is 6.41 Å². The Morgan fingerprint density at radius 3 is 2.31 bits per heavy atom. The van der Waals surface area contributed by atoms with Gasteiger partial charge in [0.25, 0.3) is 0 Å². The van der Waals surface area contributed by atoms with Gasteiger partial charge in [-0.2, -0.15) is 14.1 Å². The first-order valence-corrected chi connectivity index (χ1v) is 11.3. The first kappa shape index (κ1) is 23.0. The lowest BCUT2D eigenvalue weighted by molar-refractivity contribution is -0.153. The van der Waals surface area contributed by atoms with Gasteiger partial charge in [0.15, 0.2) is 0 Å². The number of fused-ring (bicyclic) bond motifs is 1. The minimum Gasteiger partial charge on any atom is -0.660 e. The highest BCUT2D eigenvalue weighted by Crippen LogP contribution is 2.59. The van der Waals surface area contributed by atoms with E-state index in [0.717, 1.165) is 44.9 Å². The minimum absolute atomic E-state index is 0.0126. The molecule has 0 spiro atoms. The van der Waals surface area contributed by atoms with Gasteiger partial charge >= 0.3 is 0 Å². The highest BCUT2D eigenvalue weighted by molar-refractivity contribution is 5.48. The molecule has 168 valence electrons. The van der Waals surface area contributed by atoms with Crippen molar-refractivity contribution in [2.75, 3.05) is 14.1 Å². The smallest absolute Gasteiger partial charge is 0.207 e. The Morgan fingerprint density at radius 2 is 1.72 bits per heavy atom. The van der Waals surface area contributed by atoms with Crippen LogP contribution in [0.5, 0.6) is 0 Å². The summed E-state index contributed by atoms with van der Waals surface area (Å²) in [6.45, 7) is 10.5. The fraction of sp³-hybridized carbons (Fsp3) is 0.957. The number of nitrogens with one attached hydrogen (secondary N) is 1. The van der Waals surface area contributed by atoms with Crippen molar-refractivity contribution in [1.82, 2.24) is 5.32 Å². The van der Waals surface area contributed by atoms with E-state index in [4.69, 9.17) is 15.4 Å². The van der Waals surface area contributed by atoms with Gasteiger partial charge in [-0.25, -0.2) is 0 Å². The number of ether oxygens (including phenoxy) is 1. The fourth-order valence-corrected chi connectivity index (χ4v) is 6.80. The lowest BCUT2D eigenvalue weighted by Gasteiger charge is -2.67. The predicted octanol–water partition coefficient (Wildman–Crippen LogP) is 3.77. The van der Waals surface area contributed by atoms with E-state index in [9.17, 15) is 9.90 Å². The van der Waals surface area contributed by atoms with E-state index in [2.05, 4.69) is 19.2 Å². The summed E-state index contributed by atoms with van der Waals surface area (Å²) in [7, 11) is 3.80. The summed E-state index contributed by atoms with van der Waals surface area (Å²) in [6, 6.07) is -0.104. The Bertz CT molecular complexity index is 610. The first-order chi connectivity index (χ1) is 13.4. The van der Waals surface area contributed by atoms with Gasteiger partial charge in [-0.05, 0) is 71.6 Å². The second kappa shape index (κ2) is 7.77.